The van der Waals surface area contributed by atoms with Crippen LogP contribution in [0.1, 0.15) is 32.3 Å². The van der Waals surface area contributed by atoms with E-state index in [-0.39, 0.29) is 34.4 Å². The van der Waals surface area contributed by atoms with Crippen molar-refractivity contribution in [1.29, 1.82) is 0 Å². The molecule has 3 aliphatic rings. The van der Waals surface area contributed by atoms with Crippen molar-refractivity contribution in [3.8, 4) is 0 Å². The highest BCUT2D eigenvalue weighted by Crippen LogP contribution is 2.68. The molecule has 38 heavy (non-hydrogen) atoms. The van der Waals surface area contributed by atoms with Crippen LogP contribution in [0.3, 0.4) is 0 Å². The first-order valence-corrected chi connectivity index (χ1v) is 15.1. The molecule has 2 bridgehead atoms. The van der Waals surface area contributed by atoms with Gasteiger partial charge in [-0.1, -0.05) is 65.3 Å². The fourth-order valence-electron chi connectivity index (χ4n) is 6.48. The Morgan fingerprint density at radius 3 is 2.47 bits per heavy atom. The van der Waals surface area contributed by atoms with Gasteiger partial charge in [-0.15, -0.1) is 24.9 Å². The maximum absolute atomic E-state index is 14.4. The molecule has 1 aromatic carbocycles. The van der Waals surface area contributed by atoms with Crippen LogP contribution >= 0.6 is 27.7 Å². The van der Waals surface area contributed by atoms with E-state index in [1.807, 2.05) is 37.3 Å². The Hall–Kier alpha value is -2.10. The zero-order chi connectivity index (χ0) is 27.6. The van der Waals surface area contributed by atoms with Gasteiger partial charge in [0, 0.05) is 36.3 Å². The number of carbonyl (C=O) groups excluding carboxylic acids is 3. The van der Waals surface area contributed by atoms with E-state index in [1.165, 1.54) is 0 Å². The number of aliphatic hydroxyl groups is 1. The number of amides is 3. The molecule has 1 spiro atoms. The fraction of sp³-hybridized carbons (Fsp3) is 0.552. The van der Waals surface area contributed by atoms with Crippen LogP contribution < -0.4 is 0 Å². The molecule has 7 atom stereocenters. The summed E-state index contributed by atoms with van der Waals surface area (Å²) in [7, 11) is 0. The van der Waals surface area contributed by atoms with Crippen LogP contribution in [0.4, 0.5) is 0 Å². The first-order valence-electron chi connectivity index (χ1n) is 13.3. The smallest absolute Gasteiger partial charge is 0.247 e. The first kappa shape index (κ1) is 28.9. The third kappa shape index (κ3) is 4.86. The van der Waals surface area contributed by atoms with Crippen LogP contribution in [-0.4, -0.2) is 90.7 Å². The summed E-state index contributed by atoms with van der Waals surface area (Å²) >= 11 is 5.45. The molecule has 0 saturated carbocycles. The highest BCUT2D eigenvalue weighted by atomic mass is 79.9. The number of hydrogen-bond acceptors (Lipinski definition) is 5. The van der Waals surface area contributed by atoms with Gasteiger partial charge in [0.05, 0.1) is 29.2 Å². The van der Waals surface area contributed by atoms with E-state index in [0.717, 1.165) is 12.0 Å². The number of thioether (sulfide) groups is 1. The number of benzene rings is 1. The Morgan fingerprint density at radius 2 is 1.87 bits per heavy atom. The topological polar surface area (TPSA) is 81.2 Å². The number of halogens is 1. The van der Waals surface area contributed by atoms with Crippen LogP contribution in [0.5, 0.6) is 0 Å². The van der Waals surface area contributed by atoms with E-state index in [9.17, 15) is 19.5 Å². The van der Waals surface area contributed by atoms with Gasteiger partial charge in [0.2, 0.25) is 17.7 Å². The van der Waals surface area contributed by atoms with Crippen molar-refractivity contribution in [2.45, 2.75) is 60.1 Å². The van der Waals surface area contributed by atoms with Crippen molar-refractivity contribution in [2.75, 3.05) is 26.2 Å². The third-order valence-electron chi connectivity index (χ3n) is 8.02. The molecule has 1 aromatic rings. The SMILES string of the molecule is C=CCN(Cc1ccccc1)C(=O)C1N([C@H](C)CO)C(=O)[C@@H]2[C@H](C(=O)N(CC=C)CCC)[C@H]3SC12CC3Br. The summed E-state index contributed by atoms with van der Waals surface area (Å²) in [5, 5.41) is 10.0. The summed E-state index contributed by atoms with van der Waals surface area (Å²) in [6.45, 7) is 12.9. The van der Waals surface area contributed by atoms with Gasteiger partial charge < -0.3 is 19.8 Å². The third-order valence-corrected chi connectivity index (χ3v) is 11.2. The zero-order valence-electron chi connectivity index (χ0n) is 22.2. The van der Waals surface area contributed by atoms with Gasteiger partial charge in [0.1, 0.15) is 6.04 Å². The summed E-state index contributed by atoms with van der Waals surface area (Å²) in [4.78, 5) is 47.7. The van der Waals surface area contributed by atoms with E-state index < -0.39 is 28.7 Å². The van der Waals surface area contributed by atoms with Gasteiger partial charge in [-0.3, -0.25) is 14.4 Å². The Morgan fingerprint density at radius 1 is 1.21 bits per heavy atom. The van der Waals surface area contributed by atoms with Gasteiger partial charge in [0.25, 0.3) is 0 Å². The minimum atomic E-state index is -0.780. The van der Waals surface area contributed by atoms with Crippen molar-refractivity contribution in [3.05, 3.63) is 61.2 Å². The van der Waals surface area contributed by atoms with Gasteiger partial charge in [-0.05, 0) is 25.3 Å². The summed E-state index contributed by atoms with van der Waals surface area (Å²) in [6.07, 6.45) is 4.82. The van der Waals surface area contributed by atoms with Crippen LogP contribution in [0.25, 0.3) is 0 Å². The Bertz CT molecular complexity index is 1070. The van der Waals surface area contributed by atoms with Crippen molar-refractivity contribution in [2.24, 2.45) is 11.8 Å². The molecule has 4 rings (SSSR count). The lowest BCUT2D eigenvalue weighted by Gasteiger charge is -2.39. The molecule has 9 heteroatoms. The molecule has 3 aliphatic heterocycles. The molecule has 1 N–H and O–H groups in total. The maximum atomic E-state index is 14.4. The second kappa shape index (κ2) is 12.0. The molecule has 3 unspecified atom stereocenters. The zero-order valence-corrected chi connectivity index (χ0v) is 24.6. The van der Waals surface area contributed by atoms with Gasteiger partial charge in [-0.2, -0.15) is 0 Å². The van der Waals surface area contributed by atoms with Gasteiger partial charge in [0.15, 0.2) is 0 Å². The molecular formula is C29H38BrN3O4S. The van der Waals surface area contributed by atoms with Crippen molar-refractivity contribution in [1.82, 2.24) is 14.7 Å². The number of hydrogen-bond donors (Lipinski definition) is 1. The van der Waals surface area contributed by atoms with Crippen molar-refractivity contribution >= 4 is 45.4 Å². The van der Waals surface area contributed by atoms with E-state index in [0.29, 0.717) is 32.6 Å². The van der Waals surface area contributed by atoms with Crippen LogP contribution in [0.2, 0.25) is 0 Å². The van der Waals surface area contributed by atoms with Gasteiger partial charge in [-0.25, -0.2) is 0 Å². The van der Waals surface area contributed by atoms with Gasteiger partial charge >= 0.3 is 0 Å². The number of aliphatic hydroxyl groups excluding tert-OH is 1. The lowest BCUT2D eigenvalue weighted by Crippen LogP contribution is -2.57. The molecule has 206 valence electrons. The van der Waals surface area contributed by atoms with Crippen LogP contribution in [0, 0.1) is 11.8 Å². The summed E-state index contributed by atoms with van der Waals surface area (Å²) in [5.74, 6) is -1.57. The molecule has 3 amide bonds. The highest BCUT2D eigenvalue weighted by Gasteiger charge is 2.76. The lowest BCUT2D eigenvalue weighted by atomic mass is 9.70. The molecular weight excluding hydrogens is 566 g/mol. The monoisotopic (exact) mass is 603 g/mol. The molecule has 0 aromatic heterocycles. The molecule has 0 radical (unpaired) electrons. The Kier molecular flexibility index (Phi) is 9.10. The Labute approximate surface area is 238 Å². The second-order valence-corrected chi connectivity index (χ2v) is 13.2. The van der Waals surface area contributed by atoms with Crippen LogP contribution in [-0.2, 0) is 20.9 Å². The minimum Gasteiger partial charge on any atom is -0.394 e. The Balaban J connectivity index is 1.76. The van der Waals surface area contributed by atoms with E-state index >= 15 is 0 Å². The highest BCUT2D eigenvalue weighted by molar-refractivity contribution is 9.09. The minimum absolute atomic E-state index is 0.000585. The maximum Gasteiger partial charge on any atom is 0.247 e. The predicted molar refractivity (Wildman–Crippen MR) is 155 cm³/mol. The number of rotatable bonds is 12. The first-order chi connectivity index (χ1) is 18.2. The fourth-order valence-corrected chi connectivity index (χ4v) is 10.1. The predicted octanol–water partition coefficient (Wildman–Crippen LogP) is 3.47. The van der Waals surface area contributed by atoms with E-state index in [4.69, 9.17) is 0 Å². The van der Waals surface area contributed by atoms with E-state index in [1.54, 1.807) is 45.5 Å². The second-order valence-electron chi connectivity index (χ2n) is 10.5. The summed E-state index contributed by atoms with van der Waals surface area (Å²) < 4.78 is -0.751. The molecule has 3 saturated heterocycles. The number of alkyl halides is 1. The van der Waals surface area contributed by atoms with Crippen molar-refractivity contribution < 1.29 is 19.5 Å². The average Bonchev–Trinajstić information content (AvgIpc) is 3.51. The summed E-state index contributed by atoms with van der Waals surface area (Å²) in [6, 6.07) is 8.41. The summed E-state index contributed by atoms with van der Waals surface area (Å²) in [5.41, 5.74) is 0.984. The standard InChI is InChI=1S/C29H38BrN3O4S/c1-5-13-31(14-6-2)26(35)22-23-27(36)33(19(4)18-34)25(29(23)16-21(30)24(22)38-29)28(37)32(15-7-3)17-20-11-9-8-10-12-20/h5,7-12,19,21-25,34H,1,3,6,13-18H2,2,4H3/t19-,21?,22+,23+,24+,25?,29?/m1/s1. The largest absolute Gasteiger partial charge is 0.394 e. The van der Waals surface area contributed by atoms with Crippen LogP contribution in [0.15, 0.2) is 55.6 Å². The van der Waals surface area contributed by atoms with Crippen molar-refractivity contribution in [3.63, 3.8) is 0 Å². The quantitative estimate of drug-likeness (QED) is 0.292. The van der Waals surface area contributed by atoms with E-state index in [2.05, 4.69) is 29.1 Å². The number of nitrogens with zero attached hydrogens (tertiary/aromatic N) is 3. The molecule has 7 nitrogen and oxygen atoms in total. The number of carbonyl (C=O) groups is 3. The molecule has 0 aliphatic carbocycles. The number of likely N-dealkylation sites (tertiary alicyclic amines) is 1. The molecule has 3 fully saturated rings. The average molecular weight is 605 g/mol. The molecule has 3 heterocycles. The normalized spacial score (nSPS) is 30.2. The number of fused-ring (bicyclic) bond motifs is 1. The lowest BCUT2D eigenvalue weighted by molar-refractivity contribution is -0.146.